The van der Waals surface area contributed by atoms with Gasteiger partial charge in [0.25, 0.3) is 0 Å². The van der Waals surface area contributed by atoms with Crippen LogP contribution in [0, 0.1) is 0 Å². The third-order valence-electron chi connectivity index (χ3n) is 5.72. The second kappa shape index (κ2) is 14.1. The van der Waals surface area contributed by atoms with Crippen LogP contribution in [0.2, 0.25) is 10.0 Å². The Kier molecular flexibility index (Phi) is 10.7. The third-order valence-corrected chi connectivity index (χ3v) is 6.38. The summed E-state index contributed by atoms with van der Waals surface area (Å²) in [6, 6.07) is 11.9. The lowest BCUT2D eigenvalue weighted by molar-refractivity contribution is 0.0297. The number of nitrogens with zero attached hydrogens (tertiary/aromatic N) is 1. The average molecular weight is 571 g/mol. The quantitative estimate of drug-likeness (QED) is 0.126. The molecule has 0 spiro atoms. The molecule has 3 N–H and O–H groups in total. The molecule has 204 valence electrons. The Hall–Kier alpha value is -4.14. The van der Waals surface area contributed by atoms with E-state index in [-0.39, 0.29) is 24.4 Å². The summed E-state index contributed by atoms with van der Waals surface area (Å²) in [5, 5.41) is 22.8. The van der Waals surface area contributed by atoms with Crippen molar-refractivity contribution in [2.75, 3.05) is 14.2 Å². The van der Waals surface area contributed by atoms with Gasteiger partial charge in [0.2, 0.25) is 0 Å². The van der Waals surface area contributed by atoms with Crippen molar-refractivity contribution < 1.29 is 29.2 Å². The second-order valence-corrected chi connectivity index (χ2v) is 8.99. The number of pyridine rings is 1. The van der Waals surface area contributed by atoms with E-state index in [4.69, 9.17) is 37.4 Å². The molecule has 0 bridgehead atoms. The van der Waals surface area contributed by atoms with E-state index in [9.17, 15) is 15.0 Å². The van der Waals surface area contributed by atoms with Gasteiger partial charge in [-0.2, -0.15) is 0 Å². The maximum Gasteiger partial charge on any atom is 0.338 e. The molecule has 0 aliphatic rings. The number of allylic oxidation sites excluding steroid dienone is 2. The lowest BCUT2D eigenvalue weighted by Crippen LogP contribution is -2.16. The SMILES string of the molecule is C=C/C=C(O)\C(=C\O)NCc1ccc(C(=O)O[C@@H](Cc2c(Cl)cncc2Cl)c2ccc(OC)c(OC)c2)cc1. The maximum absolute atomic E-state index is 13.2. The van der Waals surface area contributed by atoms with Crippen molar-refractivity contribution in [3.8, 4) is 11.5 Å². The molecular weight excluding hydrogens is 543 g/mol. The highest BCUT2D eigenvalue weighted by Gasteiger charge is 2.23. The summed E-state index contributed by atoms with van der Waals surface area (Å²) in [5.41, 5.74) is 2.49. The van der Waals surface area contributed by atoms with Gasteiger partial charge in [0.15, 0.2) is 11.5 Å². The van der Waals surface area contributed by atoms with Gasteiger partial charge in [-0.3, -0.25) is 4.98 Å². The fraction of sp³-hybridized carbons (Fsp3) is 0.172. The summed E-state index contributed by atoms with van der Waals surface area (Å²) in [6.45, 7) is 3.79. The van der Waals surface area contributed by atoms with Crippen LogP contribution in [0.4, 0.5) is 0 Å². The standard InChI is InChI=1S/C29H28Cl2N2O6/c1-4-5-25(35)24(17-34)33-14-18-6-8-19(9-7-18)29(36)39-27(13-21-22(30)15-32-16-23(21)31)20-10-11-26(37-2)28(12-20)38-3/h4-12,15-17,27,33-35H,1,13-14H2,2-3H3/b24-17-,25-5+/t27-/m0/s1. The number of rotatable bonds is 12. The summed E-state index contributed by atoms with van der Waals surface area (Å²) >= 11 is 12.7. The smallest absolute Gasteiger partial charge is 0.338 e. The summed E-state index contributed by atoms with van der Waals surface area (Å²) in [5.74, 6) is 0.287. The number of benzene rings is 2. The van der Waals surface area contributed by atoms with Crippen LogP contribution in [0.15, 0.2) is 91.3 Å². The van der Waals surface area contributed by atoms with Crippen LogP contribution in [0.1, 0.15) is 33.2 Å². The molecule has 0 radical (unpaired) electrons. The maximum atomic E-state index is 13.2. The Morgan fingerprint density at radius 3 is 2.33 bits per heavy atom. The molecule has 0 fully saturated rings. The third kappa shape index (κ3) is 7.69. The normalized spacial score (nSPS) is 12.4. The number of carbonyl (C=O) groups excluding carboxylic acids is 1. The van der Waals surface area contributed by atoms with E-state index in [1.165, 1.54) is 38.8 Å². The number of hydrogen-bond donors (Lipinski definition) is 3. The zero-order valence-corrected chi connectivity index (χ0v) is 22.9. The number of aliphatic hydroxyl groups is 2. The molecule has 1 atom stereocenters. The van der Waals surface area contributed by atoms with E-state index in [0.717, 1.165) is 11.8 Å². The van der Waals surface area contributed by atoms with Gasteiger partial charge < -0.3 is 29.7 Å². The minimum Gasteiger partial charge on any atom is -0.513 e. The van der Waals surface area contributed by atoms with Gasteiger partial charge in [-0.25, -0.2) is 4.79 Å². The zero-order chi connectivity index (χ0) is 28.4. The molecule has 39 heavy (non-hydrogen) atoms. The number of methoxy groups -OCH3 is 2. The average Bonchev–Trinajstić information content (AvgIpc) is 2.94. The van der Waals surface area contributed by atoms with Crippen LogP contribution in [0.3, 0.4) is 0 Å². The van der Waals surface area contributed by atoms with E-state index in [2.05, 4.69) is 16.9 Å². The summed E-state index contributed by atoms with van der Waals surface area (Å²) < 4.78 is 16.7. The lowest BCUT2D eigenvalue weighted by atomic mass is 10.0. The van der Waals surface area contributed by atoms with E-state index >= 15 is 0 Å². The van der Waals surface area contributed by atoms with Crippen molar-refractivity contribution in [1.82, 2.24) is 10.3 Å². The predicted molar refractivity (Wildman–Crippen MR) is 151 cm³/mol. The van der Waals surface area contributed by atoms with Crippen LogP contribution in [0.25, 0.3) is 0 Å². The van der Waals surface area contributed by atoms with Crippen molar-refractivity contribution in [1.29, 1.82) is 0 Å². The highest BCUT2D eigenvalue weighted by molar-refractivity contribution is 6.35. The van der Waals surface area contributed by atoms with Crippen molar-refractivity contribution in [3.63, 3.8) is 0 Å². The number of esters is 1. The summed E-state index contributed by atoms with van der Waals surface area (Å²) in [7, 11) is 3.05. The van der Waals surface area contributed by atoms with Gasteiger partial charge in [-0.05, 0) is 47.0 Å². The molecule has 3 aromatic rings. The van der Waals surface area contributed by atoms with Crippen molar-refractivity contribution in [2.24, 2.45) is 0 Å². The number of nitrogens with one attached hydrogen (secondary N) is 1. The molecule has 2 aromatic carbocycles. The van der Waals surface area contributed by atoms with E-state index < -0.39 is 12.1 Å². The fourth-order valence-corrected chi connectivity index (χ4v) is 4.18. The first-order valence-corrected chi connectivity index (χ1v) is 12.5. The largest absolute Gasteiger partial charge is 0.513 e. The molecule has 3 rings (SSSR count). The molecule has 10 heteroatoms. The first-order valence-electron chi connectivity index (χ1n) is 11.7. The van der Waals surface area contributed by atoms with Gasteiger partial charge >= 0.3 is 5.97 Å². The Balaban J connectivity index is 1.82. The highest BCUT2D eigenvalue weighted by Crippen LogP contribution is 2.35. The lowest BCUT2D eigenvalue weighted by Gasteiger charge is -2.21. The van der Waals surface area contributed by atoms with Crippen LogP contribution < -0.4 is 14.8 Å². The number of ether oxygens (including phenoxy) is 3. The molecule has 1 aromatic heterocycles. The van der Waals surface area contributed by atoms with Crippen molar-refractivity contribution in [3.05, 3.63) is 124 Å². The zero-order valence-electron chi connectivity index (χ0n) is 21.4. The highest BCUT2D eigenvalue weighted by atomic mass is 35.5. The van der Waals surface area contributed by atoms with Gasteiger partial charge in [-0.1, -0.05) is 54.1 Å². The topological polar surface area (TPSA) is 110 Å². The minimum absolute atomic E-state index is 0.129. The Morgan fingerprint density at radius 2 is 1.74 bits per heavy atom. The van der Waals surface area contributed by atoms with Crippen LogP contribution in [0.5, 0.6) is 11.5 Å². The van der Waals surface area contributed by atoms with Crippen LogP contribution in [-0.4, -0.2) is 35.4 Å². The molecule has 0 aliphatic carbocycles. The molecule has 0 aliphatic heterocycles. The van der Waals surface area contributed by atoms with Gasteiger partial charge in [0.05, 0.1) is 29.8 Å². The summed E-state index contributed by atoms with van der Waals surface area (Å²) in [6.07, 6.45) is 5.90. The Morgan fingerprint density at radius 1 is 1.08 bits per heavy atom. The molecule has 0 amide bonds. The van der Waals surface area contributed by atoms with E-state index in [1.54, 1.807) is 42.5 Å². The number of halogens is 2. The first-order chi connectivity index (χ1) is 18.8. The van der Waals surface area contributed by atoms with Gasteiger partial charge in [-0.15, -0.1) is 0 Å². The number of aliphatic hydroxyl groups excluding tert-OH is 2. The molecule has 8 nitrogen and oxygen atoms in total. The predicted octanol–water partition coefficient (Wildman–Crippen LogP) is 6.66. The first kappa shape index (κ1) is 29.4. The molecule has 1 heterocycles. The van der Waals surface area contributed by atoms with Gasteiger partial charge in [0.1, 0.15) is 23.8 Å². The second-order valence-electron chi connectivity index (χ2n) is 8.18. The summed E-state index contributed by atoms with van der Waals surface area (Å²) in [4.78, 5) is 17.2. The number of hydrogen-bond acceptors (Lipinski definition) is 8. The number of carbonyl (C=O) groups is 1. The monoisotopic (exact) mass is 570 g/mol. The minimum atomic E-state index is -0.757. The number of aromatic nitrogens is 1. The Bertz CT molecular complexity index is 1350. The van der Waals surface area contributed by atoms with Crippen molar-refractivity contribution >= 4 is 29.2 Å². The van der Waals surface area contributed by atoms with Crippen LogP contribution in [-0.2, 0) is 17.7 Å². The molecule has 0 saturated heterocycles. The van der Waals surface area contributed by atoms with Gasteiger partial charge in [0, 0.05) is 25.4 Å². The van der Waals surface area contributed by atoms with Crippen molar-refractivity contribution in [2.45, 2.75) is 19.1 Å². The Labute approximate surface area is 236 Å². The fourth-order valence-electron chi connectivity index (χ4n) is 3.66. The molecular formula is C29H28Cl2N2O6. The van der Waals surface area contributed by atoms with Crippen LogP contribution >= 0.6 is 23.2 Å². The molecule has 0 unspecified atom stereocenters. The van der Waals surface area contributed by atoms with E-state index in [1.807, 2.05) is 0 Å². The van der Waals surface area contributed by atoms with E-state index in [0.29, 0.717) is 38.2 Å². The molecule has 0 saturated carbocycles.